The minimum Gasteiger partial charge on any atom is -0.349 e. The van der Waals surface area contributed by atoms with E-state index in [4.69, 9.17) is 5.41 Å². The fraction of sp³-hybridized carbons (Fsp3) is 0.500. The Labute approximate surface area is 25.1 Å². The lowest BCUT2D eigenvalue weighted by Gasteiger charge is -1.50. The van der Waals surface area contributed by atoms with Crippen molar-refractivity contribution >= 4 is 6.21 Å². The van der Waals surface area contributed by atoms with Crippen LogP contribution < -0.4 is 11.1 Å². The summed E-state index contributed by atoms with van der Waals surface area (Å²) in [5, 5.41) is 4.84. The maximum Gasteiger partial charge on any atom is 0.191 e. The molecule has 0 bridgehead atoms. The Bertz CT molecular complexity index is 18.0. The van der Waals surface area contributed by atoms with Gasteiger partial charge in [-0.2, -0.15) is 0 Å². The molecule has 0 radical (unpaired) electrons. The number of hydrogen-bond donors (Lipinski definition) is 2. The molecule has 0 aromatic rings. The van der Waals surface area contributed by atoms with Crippen molar-refractivity contribution in [2.24, 2.45) is 0 Å². The quantitative estimate of drug-likeness (QED) is 0.304. The Balaban J connectivity index is 2.30. The van der Waals surface area contributed by atoms with E-state index in [0.29, 0.717) is 0 Å². The summed E-state index contributed by atoms with van der Waals surface area (Å²) in [6.45, 7) is 0.722. The van der Waals surface area contributed by atoms with Gasteiger partial charge in [0.2, 0.25) is 0 Å². The van der Waals surface area contributed by atoms with Gasteiger partial charge < -0.3 is 5.73 Å². The number of rotatable bonds is 1. The van der Waals surface area contributed by atoms with Crippen molar-refractivity contribution in [3.63, 3.8) is 0 Å². The van der Waals surface area contributed by atoms with Crippen LogP contribution in [-0.2, 0) is 0 Å². The SMILES string of the molecule is [NH2+]=CC[NH3+]. The van der Waals surface area contributed by atoms with Crippen LogP contribution in [-0.4, -0.2) is 12.8 Å². The molecule has 0 saturated carbocycles. The zero-order valence-corrected chi connectivity index (χ0v) is 2.57. The number of hydrogen-bond acceptors (Lipinski definition) is 0. The third kappa shape index (κ3) is 1.63. The summed E-state index contributed by atoms with van der Waals surface area (Å²) in [5.74, 6) is 0. The second-order valence-corrected chi connectivity index (χ2v) is 0.524. The van der Waals surface area contributed by atoms with E-state index in [0.717, 1.165) is 6.54 Å². The molecule has 0 fully saturated rings. The van der Waals surface area contributed by atoms with Gasteiger partial charge in [0.05, 0.1) is 0 Å². The first-order valence-electron chi connectivity index (χ1n) is 1.24. The van der Waals surface area contributed by atoms with Crippen LogP contribution in [0.15, 0.2) is 0 Å². The lowest BCUT2D eigenvalue weighted by Crippen LogP contribution is -2.55. The number of nitrogens with two attached hydrogens (primary N) is 1. The first kappa shape index (κ1) is 3.63. The number of quaternary nitrogens is 1. The van der Waals surface area contributed by atoms with Gasteiger partial charge in [-0.05, 0) is 0 Å². The van der Waals surface area contributed by atoms with E-state index in [1.54, 1.807) is 0 Å². The van der Waals surface area contributed by atoms with Gasteiger partial charge >= 0.3 is 0 Å². The van der Waals surface area contributed by atoms with Crippen molar-refractivity contribution in [1.29, 1.82) is 0 Å². The Kier molecular flexibility index (Phi) is 2.39. The van der Waals surface area contributed by atoms with E-state index < -0.39 is 0 Å². The van der Waals surface area contributed by atoms with Gasteiger partial charge in [0, 0.05) is 0 Å². The van der Waals surface area contributed by atoms with E-state index in [2.05, 4.69) is 5.73 Å². The van der Waals surface area contributed by atoms with Crippen LogP contribution in [0.2, 0.25) is 0 Å². The lowest BCUT2D eigenvalue weighted by atomic mass is 10.8. The molecule has 0 saturated heterocycles. The normalized spacial score (nSPS) is 6.25. The molecule has 0 aliphatic heterocycles. The molecule has 0 aliphatic rings. The molecular formula is C2H8N2+2. The van der Waals surface area contributed by atoms with Gasteiger partial charge in [-0.25, -0.2) is 0 Å². The smallest absolute Gasteiger partial charge is 0.191 e. The standard InChI is InChI=1S/C2H6N2/c3-1-2-4/h1,3H,2,4H2/p+2. The molecule has 0 rings (SSSR count). The second kappa shape index (κ2) is 2.63. The summed E-state index contributed by atoms with van der Waals surface area (Å²) in [6, 6.07) is 0. The first-order valence-corrected chi connectivity index (χ1v) is 1.24. The summed E-state index contributed by atoms with van der Waals surface area (Å²) < 4.78 is 0. The summed E-state index contributed by atoms with van der Waals surface area (Å²) in [5.41, 5.74) is 3.42. The van der Waals surface area contributed by atoms with Crippen LogP contribution in [0.25, 0.3) is 0 Å². The molecule has 0 spiro atoms. The zero-order valence-electron chi connectivity index (χ0n) is 2.57. The zero-order chi connectivity index (χ0) is 3.41. The van der Waals surface area contributed by atoms with Crippen LogP contribution in [0.3, 0.4) is 0 Å². The van der Waals surface area contributed by atoms with E-state index >= 15 is 0 Å². The Morgan fingerprint density at radius 2 is 2.25 bits per heavy atom. The molecule has 2 heteroatoms. The average molecular weight is 60.1 g/mol. The van der Waals surface area contributed by atoms with Gasteiger partial charge in [-0.3, -0.25) is 5.41 Å². The highest BCUT2D eigenvalue weighted by Gasteiger charge is 1.57. The average Bonchev–Trinajstić information content (AvgIpc) is 1.37. The summed E-state index contributed by atoms with van der Waals surface area (Å²) in [6.07, 6.45) is 1.51. The maximum atomic E-state index is 4.84. The van der Waals surface area contributed by atoms with Gasteiger partial charge in [0.1, 0.15) is 0 Å². The molecule has 0 atom stereocenters. The highest BCUT2D eigenvalue weighted by Crippen LogP contribution is 1.02. The van der Waals surface area contributed by atoms with E-state index in [-0.39, 0.29) is 0 Å². The van der Waals surface area contributed by atoms with Gasteiger partial charge in [0.25, 0.3) is 0 Å². The molecule has 0 aliphatic carbocycles. The fourth-order valence-corrected chi connectivity index (χ4v) is 0. The van der Waals surface area contributed by atoms with Crippen molar-refractivity contribution in [3.05, 3.63) is 0 Å². The van der Waals surface area contributed by atoms with Crippen LogP contribution in [0.1, 0.15) is 0 Å². The van der Waals surface area contributed by atoms with Crippen LogP contribution in [0, 0.1) is 0 Å². The van der Waals surface area contributed by atoms with Gasteiger partial charge in [-0.1, -0.05) is 0 Å². The summed E-state index contributed by atoms with van der Waals surface area (Å²) in [4.78, 5) is 0. The van der Waals surface area contributed by atoms with E-state index in [1.807, 2.05) is 0 Å². The van der Waals surface area contributed by atoms with E-state index in [1.165, 1.54) is 6.21 Å². The molecule has 4 heavy (non-hydrogen) atoms. The highest BCUT2D eigenvalue weighted by atomic mass is 14.5. The van der Waals surface area contributed by atoms with Gasteiger partial charge in [0.15, 0.2) is 12.8 Å². The van der Waals surface area contributed by atoms with Gasteiger partial charge in [-0.15, -0.1) is 0 Å². The van der Waals surface area contributed by atoms with Crippen LogP contribution >= 0.6 is 0 Å². The minimum atomic E-state index is 0.722. The molecular weight excluding hydrogens is 52.0 g/mol. The molecule has 0 heterocycles. The topological polar surface area (TPSA) is 53.2 Å². The van der Waals surface area contributed by atoms with Crippen molar-refractivity contribution in [2.75, 3.05) is 6.54 Å². The van der Waals surface area contributed by atoms with Crippen molar-refractivity contribution < 1.29 is 11.1 Å². The molecule has 0 unspecified atom stereocenters. The van der Waals surface area contributed by atoms with Crippen molar-refractivity contribution in [1.82, 2.24) is 0 Å². The third-order valence-electron chi connectivity index (χ3n) is 0.167. The molecule has 5 N–H and O–H groups in total. The minimum absolute atomic E-state index is 0.722. The Hall–Kier alpha value is -0.370. The fourth-order valence-electron chi connectivity index (χ4n) is 0. The van der Waals surface area contributed by atoms with Crippen LogP contribution in [0.5, 0.6) is 0 Å². The monoisotopic (exact) mass is 60.1 g/mol. The second-order valence-electron chi connectivity index (χ2n) is 0.524. The first-order chi connectivity index (χ1) is 1.91. The Morgan fingerprint density at radius 3 is 2.25 bits per heavy atom. The lowest BCUT2D eigenvalue weighted by molar-refractivity contribution is -0.351. The van der Waals surface area contributed by atoms with Crippen molar-refractivity contribution in [3.8, 4) is 0 Å². The third-order valence-corrected chi connectivity index (χ3v) is 0.167. The van der Waals surface area contributed by atoms with Crippen LogP contribution in [0.4, 0.5) is 0 Å². The molecule has 2 nitrogen and oxygen atoms in total. The highest BCUT2D eigenvalue weighted by molar-refractivity contribution is 5.49. The molecule has 0 aromatic carbocycles. The molecule has 24 valence electrons. The van der Waals surface area contributed by atoms with Crippen molar-refractivity contribution in [2.45, 2.75) is 0 Å². The maximum absolute atomic E-state index is 4.84. The molecule has 0 amide bonds. The summed E-state index contributed by atoms with van der Waals surface area (Å²) >= 11 is 0. The largest absolute Gasteiger partial charge is 0.349 e. The van der Waals surface area contributed by atoms with E-state index in [9.17, 15) is 0 Å². The predicted octanol–water partition coefficient (Wildman–Crippen LogP) is -2.94. The summed E-state index contributed by atoms with van der Waals surface area (Å²) in [7, 11) is 0. The molecule has 0 aromatic heterocycles. The Morgan fingerprint density at radius 1 is 2.00 bits per heavy atom. The predicted molar refractivity (Wildman–Crippen MR) is 15.7 cm³/mol.